The Labute approximate surface area is 188 Å². The molecule has 182 valence electrons. The number of nitrogens with one attached hydrogen (secondary N) is 2. The molecule has 1 aromatic carbocycles. The molecule has 2 aliphatic rings. The second-order valence-corrected chi connectivity index (χ2v) is 9.42. The number of nitrogens with zero attached hydrogens (tertiary/aromatic N) is 2. The Balaban J connectivity index is 1.73. The zero-order chi connectivity index (χ0) is 24.6. The number of carbonyl (C=O) groups is 2. The maximum atomic E-state index is 14.6. The van der Waals surface area contributed by atoms with Crippen molar-refractivity contribution in [2.45, 2.75) is 63.5 Å². The monoisotopic (exact) mass is 472 g/mol. The largest absolute Gasteiger partial charge is 0.444 e. The number of benzene rings is 1. The molecule has 2 fully saturated rings. The Bertz CT molecular complexity index is 949. The van der Waals surface area contributed by atoms with Crippen LogP contribution in [-0.4, -0.2) is 64.9 Å². The molecule has 2 N–H and O–H groups in total. The van der Waals surface area contributed by atoms with Gasteiger partial charge in [-0.25, -0.2) is 18.0 Å². The number of ether oxygens (including phenoxy) is 1. The normalized spacial score (nSPS) is 21.8. The minimum Gasteiger partial charge on any atom is -0.444 e. The Morgan fingerprint density at radius 2 is 2.00 bits per heavy atom. The second kappa shape index (κ2) is 9.06. The van der Waals surface area contributed by atoms with Crippen molar-refractivity contribution in [1.29, 1.82) is 0 Å². The summed E-state index contributed by atoms with van der Waals surface area (Å²) in [7, 11) is 0. The number of alkyl halides is 2. The topological polar surface area (TPSA) is 114 Å². The van der Waals surface area contributed by atoms with Crippen LogP contribution in [0.2, 0.25) is 0 Å². The van der Waals surface area contributed by atoms with Crippen LogP contribution in [0.15, 0.2) is 12.1 Å². The lowest BCUT2D eigenvalue weighted by Crippen LogP contribution is -2.55. The summed E-state index contributed by atoms with van der Waals surface area (Å²) >= 11 is 0. The molecule has 0 bridgehead atoms. The average molecular weight is 472 g/mol. The van der Waals surface area contributed by atoms with Gasteiger partial charge in [-0.3, -0.25) is 14.9 Å². The first-order valence-electron chi connectivity index (χ1n) is 10.6. The third-order valence-electron chi connectivity index (χ3n) is 5.41. The van der Waals surface area contributed by atoms with Crippen molar-refractivity contribution < 1.29 is 32.4 Å². The van der Waals surface area contributed by atoms with Crippen LogP contribution < -0.4 is 10.6 Å². The van der Waals surface area contributed by atoms with Gasteiger partial charge in [-0.1, -0.05) is 0 Å². The standard InChI is InChI=1S/C21H27F3N4O5/c1-20(2,3)33-19(30)27-7-4-13(22)16(10-27)26-18(29)12-8-17(28(31)32)15(9-14(12)23)25-11-21(24)5-6-21/h8-9,13,16,25H,4-7,10-11H2,1-3H3,(H,26,29)/t13-,16-/m0/s1. The second-order valence-electron chi connectivity index (χ2n) is 9.42. The molecule has 9 nitrogen and oxygen atoms in total. The fraction of sp³-hybridized carbons (Fsp3) is 0.619. The summed E-state index contributed by atoms with van der Waals surface area (Å²) in [5, 5.41) is 16.3. The molecule has 3 rings (SSSR count). The molecule has 1 aromatic rings. The summed E-state index contributed by atoms with van der Waals surface area (Å²) in [5.74, 6) is -2.15. The number of hydrogen-bond acceptors (Lipinski definition) is 6. The van der Waals surface area contributed by atoms with Crippen LogP contribution in [0.4, 0.5) is 29.3 Å². The summed E-state index contributed by atoms with van der Waals surface area (Å²) in [4.78, 5) is 36.8. The van der Waals surface area contributed by atoms with Crippen LogP contribution >= 0.6 is 0 Å². The Morgan fingerprint density at radius 3 is 2.58 bits per heavy atom. The fourth-order valence-electron chi connectivity index (χ4n) is 3.39. The number of amides is 2. The van der Waals surface area contributed by atoms with Crippen molar-refractivity contribution in [1.82, 2.24) is 10.2 Å². The number of hydrogen-bond donors (Lipinski definition) is 2. The van der Waals surface area contributed by atoms with Crippen LogP contribution in [0.25, 0.3) is 0 Å². The lowest BCUT2D eigenvalue weighted by atomic mass is 10.0. The highest BCUT2D eigenvalue weighted by Gasteiger charge is 2.43. The summed E-state index contributed by atoms with van der Waals surface area (Å²) < 4.78 is 48.2. The van der Waals surface area contributed by atoms with Gasteiger partial charge < -0.3 is 20.3 Å². The van der Waals surface area contributed by atoms with E-state index in [1.807, 2.05) is 0 Å². The summed E-state index contributed by atoms with van der Waals surface area (Å²) in [6.45, 7) is 4.70. The van der Waals surface area contributed by atoms with Crippen molar-refractivity contribution in [3.8, 4) is 0 Å². The number of likely N-dealkylation sites (tertiary alicyclic amines) is 1. The predicted molar refractivity (Wildman–Crippen MR) is 113 cm³/mol. The van der Waals surface area contributed by atoms with E-state index >= 15 is 0 Å². The van der Waals surface area contributed by atoms with Gasteiger partial charge in [-0.15, -0.1) is 0 Å². The molecule has 0 aromatic heterocycles. The zero-order valence-electron chi connectivity index (χ0n) is 18.6. The van der Waals surface area contributed by atoms with Gasteiger partial charge in [0, 0.05) is 31.8 Å². The summed E-state index contributed by atoms with van der Waals surface area (Å²) in [5.41, 5.74) is -3.76. The number of nitro groups is 1. The van der Waals surface area contributed by atoms with Crippen molar-refractivity contribution in [2.75, 3.05) is 25.0 Å². The zero-order valence-corrected chi connectivity index (χ0v) is 18.6. The van der Waals surface area contributed by atoms with E-state index in [0.717, 1.165) is 12.1 Å². The Morgan fingerprint density at radius 1 is 1.33 bits per heavy atom. The van der Waals surface area contributed by atoms with Crippen LogP contribution in [-0.2, 0) is 4.74 Å². The molecular formula is C21H27F3N4O5. The van der Waals surface area contributed by atoms with Crippen molar-refractivity contribution in [3.63, 3.8) is 0 Å². The van der Waals surface area contributed by atoms with E-state index in [1.54, 1.807) is 20.8 Å². The molecule has 1 heterocycles. The summed E-state index contributed by atoms with van der Waals surface area (Å²) in [6.07, 6.45) is -1.63. The third-order valence-corrected chi connectivity index (χ3v) is 5.41. The first-order valence-corrected chi connectivity index (χ1v) is 10.6. The smallest absolute Gasteiger partial charge is 0.410 e. The fourth-order valence-corrected chi connectivity index (χ4v) is 3.39. The maximum Gasteiger partial charge on any atom is 0.410 e. The van der Waals surface area contributed by atoms with Crippen LogP contribution in [0.3, 0.4) is 0 Å². The van der Waals surface area contributed by atoms with Gasteiger partial charge >= 0.3 is 6.09 Å². The Hall–Kier alpha value is -3.05. The first kappa shape index (κ1) is 24.6. The number of carbonyl (C=O) groups excluding carboxylic acids is 2. The summed E-state index contributed by atoms with van der Waals surface area (Å²) in [6, 6.07) is 0.322. The van der Waals surface area contributed by atoms with Gasteiger partial charge in [0.25, 0.3) is 11.6 Å². The molecule has 12 heteroatoms. The predicted octanol–water partition coefficient (Wildman–Crippen LogP) is 3.73. The maximum absolute atomic E-state index is 14.6. The lowest BCUT2D eigenvalue weighted by Gasteiger charge is -2.36. The molecule has 0 spiro atoms. The van der Waals surface area contributed by atoms with Crippen molar-refractivity contribution >= 4 is 23.4 Å². The van der Waals surface area contributed by atoms with Gasteiger partial charge in [0.2, 0.25) is 0 Å². The van der Waals surface area contributed by atoms with Crippen LogP contribution in [0, 0.1) is 15.9 Å². The van der Waals surface area contributed by atoms with Gasteiger partial charge in [0.15, 0.2) is 0 Å². The van der Waals surface area contributed by atoms with E-state index in [1.165, 1.54) is 4.90 Å². The number of anilines is 1. The molecule has 1 saturated carbocycles. The SMILES string of the molecule is CC(C)(C)OC(=O)N1CC[C@H](F)[C@@H](NC(=O)c2cc([N+](=O)[O-])c(NCC3(F)CC3)cc2F)C1. The van der Waals surface area contributed by atoms with Crippen LogP contribution in [0.1, 0.15) is 50.4 Å². The molecule has 0 radical (unpaired) electrons. The molecule has 33 heavy (non-hydrogen) atoms. The molecule has 0 unspecified atom stereocenters. The third kappa shape index (κ3) is 6.26. The highest BCUT2D eigenvalue weighted by Crippen LogP contribution is 2.40. The molecule has 1 aliphatic carbocycles. The van der Waals surface area contributed by atoms with E-state index in [0.29, 0.717) is 12.8 Å². The number of piperidine rings is 1. The van der Waals surface area contributed by atoms with Gasteiger partial charge in [-0.05, 0) is 40.0 Å². The first-order chi connectivity index (χ1) is 15.3. The molecular weight excluding hydrogens is 445 g/mol. The lowest BCUT2D eigenvalue weighted by molar-refractivity contribution is -0.384. The van der Waals surface area contributed by atoms with Crippen molar-refractivity contribution in [3.05, 3.63) is 33.6 Å². The van der Waals surface area contributed by atoms with E-state index in [4.69, 9.17) is 4.74 Å². The molecule has 2 atom stereocenters. The average Bonchev–Trinajstić information content (AvgIpc) is 3.44. The van der Waals surface area contributed by atoms with E-state index < -0.39 is 57.5 Å². The highest BCUT2D eigenvalue weighted by atomic mass is 19.1. The van der Waals surface area contributed by atoms with Crippen LogP contribution in [0.5, 0.6) is 0 Å². The van der Waals surface area contributed by atoms with Gasteiger partial charge in [0.1, 0.15) is 28.9 Å². The Kier molecular flexibility index (Phi) is 6.75. The van der Waals surface area contributed by atoms with Crippen molar-refractivity contribution in [2.24, 2.45) is 0 Å². The molecule has 2 amide bonds. The van der Waals surface area contributed by atoms with Gasteiger partial charge in [-0.2, -0.15) is 0 Å². The molecule has 1 aliphatic heterocycles. The quantitative estimate of drug-likeness (QED) is 0.482. The number of nitro benzene ring substituents is 1. The number of rotatable bonds is 6. The van der Waals surface area contributed by atoms with E-state index in [9.17, 15) is 32.9 Å². The number of halogens is 3. The molecule has 1 saturated heterocycles. The van der Waals surface area contributed by atoms with E-state index in [2.05, 4.69) is 10.6 Å². The highest BCUT2D eigenvalue weighted by molar-refractivity contribution is 5.96. The minimum absolute atomic E-state index is 0.0688. The minimum atomic E-state index is -1.51. The van der Waals surface area contributed by atoms with Gasteiger partial charge in [0.05, 0.1) is 16.5 Å². The van der Waals surface area contributed by atoms with E-state index in [-0.39, 0.29) is 31.7 Å².